The summed E-state index contributed by atoms with van der Waals surface area (Å²) in [7, 11) is 0. The summed E-state index contributed by atoms with van der Waals surface area (Å²) in [5.41, 5.74) is 0.617. The Morgan fingerprint density at radius 3 is 2.75 bits per heavy atom. The molecule has 2 aliphatic rings. The van der Waals surface area contributed by atoms with Crippen LogP contribution in [0.3, 0.4) is 0 Å². The number of urea groups is 1. The first-order valence-corrected chi connectivity index (χ1v) is 7.83. The highest BCUT2D eigenvalue weighted by Crippen LogP contribution is 2.26. The summed E-state index contributed by atoms with van der Waals surface area (Å²) >= 11 is 0. The lowest BCUT2D eigenvalue weighted by atomic mass is 10.0. The van der Waals surface area contributed by atoms with Crippen LogP contribution in [0.2, 0.25) is 0 Å². The van der Waals surface area contributed by atoms with Gasteiger partial charge >= 0.3 is 12.1 Å². The largest absolute Gasteiger partial charge is 0.492 e. The average Bonchev–Trinajstić information content (AvgIpc) is 2.83. The molecular formula is C16H19N3O5. The molecule has 8 heteroatoms. The highest BCUT2D eigenvalue weighted by atomic mass is 16.6. The molecule has 24 heavy (non-hydrogen) atoms. The molecule has 2 heterocycles. The molecule has 0 radical (unpaired) electrons. The normalized spacial score (nSPS) is 17.5. The first-order chi connectivity index (χ1) is 11.6. The molecule has 0 aromatic heterocycles. The van der Waals surface area contributed by atoms with Gasteiger partial charge in [-0.1, -0.05) is 12.1 Å². The smallest absolute Gasteiger partial charge is 0.417 e. The SMILES string of the molecule is CCOc1ccccc1NC(=O)N1CC(CN2C(=O)COC2=O)C1. The molecule has 8 nitrogen and oxygen atoms in total. The van der Waals surface area contributed by atoms with Crippen LogP contribution in [-0.4, -0.2) is 60.7 Å². The molecule has 0 saturated carbocycles. The Kier molecular flexibility index (Phi) is 4.54. The van der Waals surface area contributed by atoms with Gasteiger partial charge in [0.15, 0.2) is 6.61 Å². The standard InChI is InChI=1S/C16H19N3O5/c1-2-23-13-6-4-3-5-12(13)17-15(21)18-7-11(8-18)9-19-14(20)10-24-16(19)22/h3-6,11H,2,7-10H2,1H3,(H,17,21). The van der Waals surface area contributed by atoms with Gasteiger partial charge in [-0.3, -0.25) is 4.79 Å². The summed E-state index contributed by atoms with van der Waals surface area (Å²) in [6, 6.07) is 7.00. The second-order valence-corrected chi connectivity index (χ2v) is 5.69. The Labute approximate surface area is 139 Å². The fourth-order valence-electron chi connectivity index (χ4n) is 2.71. The number of amides is 4. The zero-order valence-electron chi connectivity index (χ0n) is 13.4. The molecule has 2 fully saturated rings. The molecule has 2 aliphatic heterocycles. The molecule has 1 aromatic carbocycles. The molecule has 0 unspecified atom stereocenters. The van der Waals surface area contributed by atoms with Crippen LogP contribution in [0.4, 0.5) is 15.3 Å². The van der Waals surface area contributed by atoms with Crippen LogP contribution in [0.25, 0.3) is 0 Å². The van der Waals surface area contributed by atoms with Gasteiger partial charge in [-0.2, -0.15) is 0 Å². The maximum Gasteiger partial charge on any atom is 0.417 e. The number of hydrogen-bond acceptors (Lipinski definition) is 5. The Hall–Kier alpha value is -2.77. The monoisotopic (exact) mass is 333 g/mol. The number of rotatable bonds is 5. The van der Waals surface area contributed by atoms with Crippen LogP contribution in [-0.2, 0) is 9.53 Å². The van der Waals surface area contributed by atoms with Crippen LogP contribution >= 0.6 is 0 Å². The molecule has 1 N–H and O–H groups in total. The fraction of sp³-hybridized carbons (Fsp3) is 0.438. The number of para-hydroxylation sites is 2. The summed E-state index contributed by atoms with van der Waals surface area (Å²) in [4.78, 5) is 37.9. The molecule has 3 rings (SSSR count). The number of benzene rings is 1. The second kappa shape index (κ2) is 6.77. The molecule has 0 atom stereocenters. The maximum absolute atomic E-state index is 12.2. The topological polar surface area (TPSA) is 88.2 Å². The van der Waals surface area contributed by atoms with Gasteiger partial charge in [-0.05, 0) is 19.1 Å². The van der Waals surface area contributed by atoms with Crippen molar-refractivity contribution < 1.29 is 23.9 Å². The minimum atomic E-state index is -0.603. The third-order valence-corrected chi connectivity index (χ3v) is 3.95. The third kappa shape index (κ3) is 3.27. The minimum Gasteiger partial charge on any atom is -0.492 e. The quantitative estimate of drug-likeness (QED) is 0.883. The van der Waals surface area contributed by atoms with E-state index < -0.39 is 6.09 Å². The Morgan fingerprint density at radius 1 is 1.33 bits per heavy atom. The molecule has 2 saturated heterocycles. The number of anilines is 1. The van der Waals surface area contributed by atoms with E-state index in [0.29, 0.717) is 31.1 Å². The third-order valence-electron chi connectivity index (χ3n) is 3.95. The van der Waals surface area contributed by atoms with Gasteiger partial charge in [0, 0.05) is 25.6 Å². The van der Waals surface area contributed by atoms with Crippen molar-refractivity contribution in [2.45, 2.75) is 6.92 Å². The predicted octanol–water partition coefficient (Wildman–Crippen LogP) is 1.53. The first-order valence-electron chi connectivity index (χ1n) is 7.83. The van der Waals surface area contributed by atoms with E-state index in [-0.39, 0.29) is 31.0 Å². The van der Waals surface area contributed by atoms with Crippen molar-refractivity contribution in [3.8, 4) is 5.75 Å². The molecule has 0 bridgehead atoms. The van der Waals surface area contributed by atoms with E-state index in [1.807, 2.05) is 19.1 Å². The zero-order valence-corrected chi connectivity index (χ0v) is 13.4. The number of carbonyl (C=O) groups excluding carboxylic acids is 3. The summed E-state index contributed by atoms with van der Waals surface area (Å²) in [6.07, 6.45) is -0.603. The molecular weight excluding hydrogens is 314 g/mol. The first kappa shape index (κ1) is 16.1. The number of nitrogens with zero attached hydrogens (tertiary/aromatic N) is 2. The van der Waals surface area contributed by atoms with Gasteiger partial charge in [-0.15, -0.1) is 0 Å². The lowest BCUT2D eigenvalue weighted by Crippen LogP contribution is -2.55. The van der Waals surface area contributed by atoms with E-state index in [1.54, 1.807) is 17.0 Å². The van der Waals surface area contributed by atoms with E-state index >= 15 is 0 Å². The van der Waals surface area contributed by atoms with Gasteiger partial charge in [0.2, 0.25) is 0 Å². The van der Waals surface area contributed by atoms with Gasteiger partial charge in [-0.25, -0.2) is 14.5 Å². The van der Waals surface area contributed by atoms with Crippen molar-refractivity contribution in [1.82, 2.24) is 9.80 Å². The Bertz CT molecular complexity index is 641. The average molecular weight is 333 g/mol. The van der Waals surface area contributed by atoms with E-state index in [9.17, 15) is 14.4 Å². The van der Waals surface area contributed by atoms with Gasteiger partial charge in [0.25, 0.3) is 5.91 Å². The van der Waals surface area contributed by atoms with Crippen molar-refractivity contribution in [2.75, 3.05) is 38.2 Å². The van der Waals surface area contributed by atoms with Gasteiger partial charge < -0.3 is 19.7 Å². The summed E-state index contributed by atoms with van der Waals surface area (Å²) in [6.45, 7) is 3.46. The van der Waals surface area contributed by atoms with Crippen LogP contribution in [0, 0.1) is 5.92 Å². The van der Waals surface area contributed by atoms with Crippen molar-refractivity contribution >= 4 is 23.7 Å². The van der Waals surface area contributed by atoms with Crippen LogP contribution in [0.1, 0.15) is 6.92 Å². The van der Waals surface area contributed by atoms with Gasteiger partial charge in [0.05, 0.1) is 12.3 Å². The highest BCUT2D eigenvalue weighted by molar-refractivity contribution is 5.97. The van der Waals surface area contributed by atoms with E-state index in [2.05, 4.69) is 10.1 Å². The summed E-state index contributed by atoms with van der Waals surface area (Å²) < 4.78 is 10.1. The van der Waals surface area contributed by atoms with E-state index in [1.165, 1.54) is 0 Å². The van der Waals surface area contributed by atoms with Crippen LogP contribution in [0.5, 0.6) is 5.75 Å². The zero-order chi connectivity index (χ0) is 17.1. The Balaban J connectivity index is 1.50. The molecule has 4 amide bonds. The maximum atomic E-state index is 12.2. The number of cyclic esters (lactones) is 1. The Morgan fingerprint density at radius 2 is 2.08 bits per heavy atom. The number of carbonyl (C=O) groups is 3. The van der Waals surface area contributed by atoms with Crippen molar-refractivity contribution in [3.05, 3.63) is 24.3 Å². The lowest BCUT2D eigenvalue weighted by Gasteiger charge is -2.40. The summed E-state index contributed by atoms with van der Waals surface area (Å²) in [5, 5.41) is 2.82. The number of hydrogen-bond donors (Lipinski definition) is 1. The molecule has 1 aromatic rings. The summed E-state index contributed by atoms with van der Waals surface area (Å²) in [5.74, 6) is 0.372. The van der Waals surface area contributed by atoms with Gasteiger partial charge in [0.1, 0.15) is 5.75 Å². The van der Waals surface area contributed by atoms with Crippen LogP contribution in [0.15, 0.2) is 24.3 Å². The van der Waals surface area contributed by atoms with E-state index in [4.69, 9.17) is 4.74 Å². The number of imide groups is 1. The van der Waals surface area contributed by atoms with Crippen LogP contribution < -0.4 is 10.1 Å². The fourth-order valence-corrected chi connectivity index (χ4v) is 2.71. The van der Waals surface area contributed by atoms with Crippen molar-refractivity contribution in [2.24, 2.45) is 5.92 Å². The number of nitrogens with one attached hydrogen (secondary N) is 1. The van der Waals surface area contributed by atoms with Crippen molar-refractivity contribution in [3.63, 3.8) is 0 Å². The molecule has 0 spiro atoms. The second-order valence-electron chi connectivity index (χ2n) is 5.69. The minimum absolute atomic E-state index is 0.0764. The molecule has 128 valence electrons. The lowest BCUT2D eigenvalue weighted by molar-refractivity contribution is -0.126. The van der Waals surface area contributed by atoms with Crippen molar-refractivity contribution in [1.29, 1.82) is 0 Å². The number of ether oxygens (including phenoxy) is 2. The molecule has 0 aliphatic carbocycles. The number of likely N-dealkylation sites (tertiary alicyclic amines) is 1. The van der Waals surface area contributed by atoms with E-state index in [0.717, 1.165) is 4.90 Å². The highest BCUT2D eigenvalue weighted by Gasteiger charge is 2.38. The predicted molar refractivity (Wildman–Crippen MR) is 84.8 cm³/mol.